The predicted octanol–water partition coefficient (Wildman–Crippen LogP) is 2.84. The molecular weight excluding hydrogens is 172 g/mol. The van der Waals surface area contributed by atoms with Gasteiger partial charge in [-0.25, -0.2) is 8.78 Å². The van der Waals surface area contributed by atoms with E-state index in [1.54, 1.807) is 0 Å². The summed E-state index contributed by atoms with van der Waals surface area (Å²) in [7, 11) is 0. The van der Waals surface area contributed by atoms with Crippen molar-refractivity contribution in [2.24, 2.45) is 0 Å². The summed E-state index contributed by atoms with van der Waals surface area (Å²) < 4.78 is 25.7. The molecule has 1 aromatic rings. The minimum Gasteiger partial charge on any atom is -0.396 e. The summed E-state index contributed by atoms with van der Waals surface area (Å²) in [5, 5.41) is 0. The highest BCUT2D eigenvalue weighted by Crippen LogP contribution is 2.26. The molecule has 0 atom stereocenters. The average Bonchev–Trinajstić information content (AvgIpc) is 1.97. The van der Waals surface area contributed by atoms with Gasteiger partial charge in [0.25, 0.3) is 0 Å². The van der Waals surface area contributed by atoms with Crippen LogP contribution in [0.3, 0.4) is 0 Å². The van der Waals surface area contributed by atoms with E-state index in [-0.39, 0.29) is 11.1 Å². The Morgan fingerprint density at radius 2 is 1.69 bits per heavy atom. The third-order valence-corrected chi connectivity index (χ3v) is 1.92. The highest BCUT2D eigenvalue weighted by molar-refractivity contribution is 5.45. The molecular formula is C10H13F2N. The van der Waals surface area contributed by atoms with Crippen LogP contribution in [0.15, 0.2) is 12.1 Å². The lowest BCUT2D eigenvalue weighted by atomic mass is 9.87. The average molecular weight is 185 g/mol. The van der Waals surface area contributed by atoms with Crippen LogP contribution in [0, 0.1) is 11.6 Å². The molecule has 0 heterocycles. The van der Waals surface area contributed by atoms with Gasteiger partial charge in [-0.2, -0.15) is 0 Å². The summed E-state index contributed by atoms with van der Waals surface area (Å²) in [4.78, 5) is 0. The van der Waals surface area contributed by atoms with Crippen LogP contribution in [0.2, 0.25) is 0 Å². The van der Waals surface area contributed by atoms with Crippen molar-refractivity contribution >= 4 is 5.69 Å². The van der Waals surface area contributed by atoms with Gasteiger partial charge in [-0.05, 0) is 23.1 Å². The summed E-state index contributed by atoms with van der Waals surface area (Å²) in [6.45, 7) is 5.75. The van der Waals surface area contributed by atoms with Crippen molar-refractivity contribution in [3.05, 3.63) is 29.3 Å². The number of anilines is 1. The number of benzene rings is 1. The zero-order valence-corrected chi connectivity index (χ0v) is 7.99. The molecule has 0 unspecified atom stereocenters. The van der Waals surface area contributed by atoms with Crippen molar-refractivity contribution in [2.45, 2.75) is 26.2 Å². The van der Waals surface area contributed by atoms with Gasteiger partial charge in [-0.15, -0.1) is 0 Å². The van der Waals surface area contributed by atoms with Gasteiger partial charge in [-0.1, -0.05) is 20.8 Å². The molecule has 3 heteroatoms. The molecule has 0 bridgehead atoms. The smallest absolute Gasteiger partial charge is 0.181 e. The SMILES string of the molecule is CC(C)(C)c1cc(N)c(F)c(F)c1. The fourth-order valence-corrected chi connectivity index (χ4v) is 1.04. The molecule has 0 amide bonds. The van der Waals surface area contributed by atoms with Crippen molar-refractivity contribution < 1.29 is 8.78 Å². The predicted molar refractivity (Wildman–Crippen MR) is 49.5 cm³/mol. The number of nitrogen functional groups attached to an aromatic ring is 1. The summed E-state index contributed by atoms with van der Waals surface area (Å²) in [5.41, 5.74) is 5.65. The fraction of sp³-hybridized carbons (Fsp3) is 0.400. The Morgan fingerprint density at radius 3 is 2.08 bits per heavy atom. The zero-order valence-electron chi connectivity index (χ0n) is 7.99. The van der Waals surface area contributed by atoms with Crippen molar-refractivity contribution in [3.63, 3.8) is 0 Å². The Morgan fingerprint density at radius 1 is 1.15 bits per heavy atom. The first kappa shape index (κ1) is 9.96. The Labute approximate surface area is 76.6 Å². The normalized spacial score (nSPS) is 11.8. The standard InChI is InChI=1S/C10H13F2N/c1-10(2,3)6-4-7(11)9(12)8(13)5-6/h4-5H,13H2,1-3H3. The number of hydrogen-bond donors (Lipinski definition) is 1. The molecule has 0 aliphatic rings. The summed E-state index contributed by atoms with van der Waals surface area (Å²) in [6.07, 6.45) is 0. The molecule has 0 aliphatic carbocycles. The maximum atomic E-state index is 12.9. The number of rotatable bonds is 0. The molecule has 0 spiro atoms. The monoisotopic (exact) mass is 185 g/mol. The molecule has 2 N–H and O–H groups in total. The van der Waals surface area contributed by atoms with Crippen LogP contribution >= 0.6 is 0 Å². The van der Waals surface area contributed by atoms with Crippen LogP contribution in [-0.4, -0.2) is 0 Å². The molecule has 1 nitrogen and oxygen atoms in total. The Bertz CT molecular complexity index is 303. The minimum absolute atomic E-state index is 0.134. The molecule has 0 saturated carbocycles. The van der Waals surface area contributed by atoms with Gasteiger partial charge < -0.3 is 5.73 Å². The van der Waals surface area contributed by atoms with Gasteiger partial charge in [0.05, 0.1) is 5.69 Å². The van der Waals surface area contributed by atoms with Crippen LogP contribution in [0.5, 0.6) is 0 Å². The van der Waals surface area contributed by atoms with Crippen LogP contribution < -0.4 is 5.73 Å². The van der Waals surface area contributed by atoms with Gasteiger partial charge >= 0.3 is 0 Å². The van der Waals surface area contributed by atoms with E-state index < -0.39 is 11.6 Å². The van der Waals surface area contributed by atoms with E-state index in [1.165, 1.54) is 12.1 Å². The summed E-state index contributed by atoms with van der Waals surface area (Å²) in [5.74, 6) is -1.85. The van der Waals surface area contributed by atoms with Crippen LogP contribution in [0.4, 0.5) is 14.5 Å². The Kier molecular flexibility index (Phi) is 2.28. The van der Waals surface area contributed by atoms with Crippen molar-refractivity contribution in [1.29, 1.82) is 0 Å². The topological polar surface area (TPSA) is 26.0 Å². The lowest BCUT2D eigenvalue weighted by Gasteiger charge is -2.19. The molecule has 0 aromatic heterocycles. The molecule has 0 aliphatic heterocycles. The number of nitrogens with two attached hydrogens (primary N) is 1. The van der Waals surface area contributed by atoms with Gasteiger partial charge in [0.2, 0.25) is 0 Å². The van der Waals surface area contributed by atoms with Gasteiger partial charge in [0.15, 0.2) is 11.6 Å². The highest BCUT2D eigenvalue weighted by atomic mass is 19.2. The van der Waals surface area contributed by atoms with E-state index in [0.717, 1.165) is 0 Å². The highest BCUT2D eigenvalue weighted by Gasteiger charge is 2.17. The second kappa shape index (κ2) is 2.98. The third-order valence-electron chi connectivity index (χ3n) is 1.92. The molecule has 0 fully saturated rings. The van der Waals surface area contributed by atoms with Gasteiger partial charge in [-0.3, -0.25) is 0 Å². The molecule has 0 saturated heterocycles. The van der Waals surface area contributed by atoms with Crippen molar-refractivity contribution in [2.75, 3.05) is 5.73 Å². The molecule has 13 heavy (non-hydrogen) atoms. The third kappa shape index (κ3) is 1.97. The van der Waals surface area contributed by atoms with E-state index >= 15 is 0 Å². The Balaban J connectivity index is 3.29. The first-order valence-electron chi connectivity index (χ1n) is 4.07. The maximum absolute atomic E-state index is 12.9. The second-order valence-corrected chi connectivity index (χ2v) is 4.11. The van der Waals surface area contributed by atoms with E-state index in [4.69, 9.17) is 5.73 Å². The van der Waals surface area contributed by atoms with Crippen LogP contribution in [-0.2, 0) is 5.41 Å². The number of halogens is 2. The Hall–Kier alpha value is -1.12. The van der Waals surface area contributed by atoms with E-state index in [2.05, 4.69) is 0 Å². The maximum Gasteiger partial charge on any atom is 0.181 e. The summed E-state index contributed by atoms with van der Waals surface area (Å²) in [6, 6.07) is 2.66. The van der Waals surface area contributed by atoms with Crippen molar-refractivity contribution in [1.82, 2.24) is 0 Å². The molecule has 72 valence electrons. The lowest BCUT2D eigenvalue weighted by molar-refractivity contribution is 0.502. The van der Waals surface area contributed by atoms with E-state index in [1.807, 2.05) is 20.8 Å². The van der Waals surface area contributed by atoms with Crippen LogP contribution in [0.1, 0.15) is 26.3 Å². The van der Waals surface area contributed by atoms with E-state index in [9.17, 15) is 8.78 Å². The first-order valence-corrected chi connectivity index (χ1v) is 4.07. The van der Waals surface area contributed by atoms with E-state index in [0.29, 0.717) is 5.56 Å². The summed E-state index contributed by atoms with van der Waals surface area (Å²) >= 11 is 0. The zero-order chi connectivity index (χ0) is 10.2. The van der Waals surface area contributed by atoms with Crippen LogP contribution in [0.25, 0.3) is 0 Å². The van der Waals surface area contributed by atoms with Crippen molar-refractivity contribution in [3.8, 4) is 0 Å². The quantitative estimate of drug-likeness (QED) is 0.618. The first-order chi connectivity index (χ1) is 5.82. The minimum atomic E-state index is -0.965. The number of hydrogen-bond acceptors (Lipinski definition) is 1. The second-order valence-electron chi connectivity index (χ2n) is 4.11. The van der Waals surface area contributed by atoms with Gasteiger partial charge in [0, 0.05) is 0 Å². The molecule has 0 radical (unpaired) electrons. The fourth-order valence-electron chi connectivity index (χ4n) is 1.04. The lowest BCUT2D eigenvalue weighted by Crippen LogP contribution is -2.12. The van der Waals surface area contributed by atoms with Gasteiger partial charge in [0.1, 0.15) is 0 Å². The molecule has 1 rings (SSSR count). The largest absolute Gasteiger partial charge is 0.396 e. The molecule has 1 aromatic carbocycles.